The second-order valence-electron chi connectivity index (χ2n) is 5.94. The first-order valence-corrected chi connectivity index (χ1v) is 7.90. The molecule has 2 nitrogen and oxygen atoms in total. The average molecular weight is 266 g/mol. The topological polar surface area (TPSA) is 29.3 Å². The molecule has 1 saturated heterocycles. The van der Waals surface area contributed by atoms with Crippen molar-refractivity contribution >= 4 is 11.3 Å². The minimum Gasteiger partial charge on any atom is -0.326 e. The lowest BCUT2D eigenvalue weighted by Gasteiger charge is -2.36. The first kappa shape index (κ1) is 14.0. The molecular weight excluding hydrogens is 240 g/mol. The Kier molecular flexibility index (Phi) is 4.46. The number of aryl methyl sites for hydroxylation is 1. The van der Waals surface area contributed by atoms with Crippen molar-refractivity contribution in [3.05, 3.63) is 21.9 Å². The Morgan fingerprint density at radius 3 is 2.56 bits per heavy atom. The second kappa shape index (κ2) is 5.72. The Hall–Kier alpha value is -0.380. The van der Waals surface area contributed by atoms with Gasteiger partial charge in [0.15, 0.2) is 0 Å². The Labute approximate surface area is 115 Å². The molecule has 1 aromatic heterocycles. The highest BCUT2D eigenvalue weighted by Crippen LogP contribution is 2.36. The predicted molar refractivity (Wildman–Crippen MR) is 80.0 cm³/mol. The van der Waals surface area contributed by atoms with Crippen molar-refractivity contribution in [2.45, 2.75) is 58.7 Å². The molecule has 0 aromatic carbocycles. The Balaban J connectivity index is 2.25. The van der Waals surface area contributed by atoms with Gasteiger partial charge in [-0.3, -0.25) is 4.90 Å². The zero-order valence-electron chi connectivity index (χ0n) is 12.0. The van der Waals surface area contributed by atoms with Gasteiger partial charge < -0.3 is 5.73 Å². The van der Waals surface area contributed by atoms with Gasteiger partial charge in [-0.2, -0.15) is 0 Å². The smallest absolute Gasteiger partial charge is 0.0593 e. The van der Waals surface area contributed by atoms with Crippen LogP contribution < -0.4 is 5.73 Å². The highest BCUT2D eigenvalue weighted by molar-refractivity contribution is 7.12. The third-order valence-electron chi connectivity index (χ3n) is 4.02. The van der Waals surface area contributed by atoms with Crippen LogP contribution in [0.4, 0.5) is 0 Å². The predicted octanol–water partition coefficient (Wildman–Crippen LogP) is 3.57. The van der Waals surface area contributed by atoms with Gasteiger partial charge >= 0.3 is 0 Å². The first-order chi connectivity index (χ1) is 8.50. The van der Waals surface area contributed by atoms with Gasteiger partial charge in [-0.15, -0.1) is 11.3 Å². The Bertz CT molecular complexity index is 384. The van der Waals surface area contributed by atoms with E-state index < -0.39 is 0 Å². The van der Waals surface area contributed by atoms with Gasteiger partial charge in [-0.1, -0.05) is 13.8 Å². The molecule has 0 bridgehead atoms. The van der Waals surface area contributed by atoms with E-state index in [0.717, 1.165) is 5.92 Å². The van der Waals surface area contributed by atoms with Crippen LogP contribution in [0, 0.1) is 12.8 Å². The Morgan fingerprint density at radius 1 is 1.33 bits per heavy atom. The van der Waals surface area contributed by atoms with Gasteiger partial charge in [0, 0.05) is 21.8 Å². The molecule has 0 radical (unpaired) electrons. The summed E-state index contributed by atoms with van der Waals surface area (Å²) in [6.45, 7) is 10.2. The van der Waals surface area contributed by atoms with Crippen LogP contribution in [0.5, 0.6) is 0 Å². The van der Waals surface area contributed by atoms with Gasteiger partial charge in [0.2, 0.25) is 0 Å². The fourth-order valence-electron chi connectivity index (χ4n) is 3.21. The maximum Gasteiger partial charge on any atom is 0.0593 e. The van der Waals surface area contributed by atoms with Gasteiger partial charge in [0.25, 0.3) is 0 Å². The van der Waals surface area contributed by atoms with Crippen LogP contribution in [0.25, 0.3) is 0 Å². The summed E-state index contributed by atoms with van der Waals surface area (Å²) in [6, 6.07) is 5.78. The maximum atomic E-state index is 6.29. The van der Waals surface area contributed by atoms with Crippen molar-refractivity contribution < 1.29 is 0 Å². The normalized spacial score (nSPS) is 24.7. The highest BCUT2D eigenvalue weighted by atomic mass is 32.1. The number of likely N-dealkylation sites (tertiary alicyclic amines) is 1. The van der Waals surface area contributed by atoms with Crippen molar-refractivity contribution in [1.29, 1.82) is 0 Å². The Morgan fingerprint density at radius 2 is 2.06 bits per heavy atom. The number of rotatable bonds is 4. The van der Waals surface area contributed by atoms with Crippen LogP contribution in [0.2, 0.25) is 0 Å². The second-order valence-corrected chi connectivity index (χ2v) is 7.26. The van der Waals surface area contributed by atoms with E-state index in [-0.39, 0.29) is 6.04 Å². The number of nitrogens with zero attached hydrogens (tertiary/aromatic N) is 1. The molecule has 3 heteroatoms. The third kappa shape index (κ3) is 2.79. The van der Waals surface area contributed by atoms with Crippen molar-refractivity contribution in [3.63, 3.8) is 0 Å². The lowest BCUT2D eigenvalue weighted by Crippen LogP contribution is -2.43. The summed E-state index contributed by atoms with van der Waals surface area (Å²) in [6.07, 6.45) is 2.64. The molecular formula is C15H26N2S. The summed E-state index contributed by atoms with van der Waals surface area (Å²) in [5.74, 6) is 0.717. The molecule has 102 valence electrons. The largest absolute Gasteiger partial charge is 0.326 e. The molecule has 0 amide bonds. The zero-order valence-corrected chi connectivity index (χ0v) is 12.8. The minimum atomic E-state index is 0.197. The van der Waals surface area contributed by atoms with E-state index in [4.69, 9.17) is 5.73 Å². The summed E-state index contributed by atoms with van der Waals surface area (Å²) in [5.41, 5.74) is 6.29. The average Bonchev–Trinajstić information content (AvgIpc) is 2.88. The summed E-state index contributed by atoms with van der Waals surface area (Å²) in [4.78, 5) is 5.48. The van der Waals surface area contributed by atoms with E-state index in [9.17, 15) is 0 Å². The van der Waals surface area contributed by atoms with Gasteiger partial charge in [-0.25, -0.2) is 0 Å². The van der Waals surface area contributed by atoms with Crippen LogP contribution in [0.1, 0.15) is 49.4 Å². The molecule has 1 aromatic rings. The van der Waals surface area contributed by atoms with Crippen molar-refractivity contribution in [1.82, 2.24) is 4.90 Å². The molecule has 0 spiro atoms. The molecule has 3 atom stereocenters. The van der Waals surface area contributed by atoms with Crippen LogP contribution >= 0.6 is 11.3 Å². The van der Waals surface area contributed by atoms with E-state index in [1.54, 1.807) is 0 Å². The van der Waals surface area contributed by atoms with E-state index in [2.05, 4.69) is 44.7 Å². The summed E-state index contributed by atoms with van der Waals surface area (Å²) >= 11 is 1.90. The van der Waals surface area contributed by atoms with Crippen LogP contribution in [-0.2, 0) is 0 Å². The standard InChI is InChI=1S/C15H26N2S/c1-10(2)13-6-5-9-17(13)15(12(4)16)14-8-7-11(3)18-14/h7-8,10,12-13,15H,5-6,9,16H2,1-4H3. The zero-order chi connectivity index (χ0) is 13.3. The lowest BCUT2D eigenvalue weighted by atomic mass is 9.98. The van der Waals surface area contributed by atoms with Crippen molar-refractivity contribution in [3.8, 4) is 0 Å². The van der Waals surface area contributed by atoms with E-state index in [0.29, 0.717) is 12.1 Å². The molecule has 1 aliphatic heterocycles. The van der Waals surface area contributed by atoms with Gasteiger partial charge in [-0.05, 0) is 51.3 Å². The number of hydrogen-bond donors (Lipinski definition) is 1. The maximum absolute atomic E-state index is 6.29. The molecule has 2 heterocycles. The van der Waals surface area contributed by atoms with Crippen molar-refractivity contribution in [2.24, 2.45) is 11.7 Å². The number of thiophene rings is 1. The van der Waals surface area contributed by atoms with E-state index in [1.165, 1.54) is 29.1 Å². The SMILES string of the molecule is Cc1ccc(C(C(C)N)N2CCCC2C(C)C)s1. The molecule has 2 rings (SSSR count). The molecule has 1 fully saturated rings. The summed E-state index contributed by atoms with van der Waals surface area (Å²) < 4.78 is 0. The molecule has 3 unspecified atom stereocenters. The molecule has 2 N–H and O–H groups in total. The van der Waals surface area contributed by atoms with Gasteiger partial charge in [0.05, 0.1) is 6.04 Å². The lowest BCUT2D eigenvalue weighted by molar-refractivity contribution is 0.132. The van der Waals surface area contributed by atoms with E-state index in [1.807, 2.05) is 11.3 Å². The van der Waals surface area contributed by atoms with E-state index >= 15 is 0 Å². The number of nitrogens with two attached hydrogens (primary N) is 1. The molecule has 0 aliphatic carbocycles. The molecule has 1 aliphatic rings. The third-order valence-corrected chi connectivity index (χ3v) is 5.09. The fraction of sp³-hybridized carbons (Fsp3) is 0.733. The monoisotopic (exact) mass is 266 g/mol. The van der Waals surface area contributed by atoms with Crippen molar-refractivity contribution in [2.75, 3.05) is 6.54 Å². The number of hydrogen-bond acceptors (Lipinski definition) is 3. The minimum absolute atomic E-state index is 0.197. The van der Waals surface area contributed by atoms with Crippen LogP contribution in [0.15, 0.2) is 12.1 Å². The fourth-order valence-corrected chi connectivity index (χ4v) is 4.33. The molecule has 0 saturated carbocycles. The highest BCUT2D eigenvalue weighted by Gasteiger charge is 2.35. The summed E-state index contributed by atoms with van der Waals surface area (Å²) in [7, 11) is 0. The van der Waals surface area contributed by atoms with Crippen LogP contribution in [0.3, 0.4) is 0 Å². The van der Waals surface area contributed by atoms with Gasteiger partial charge in [0.1, 0.15) is 0 Å². The quantitative estimate of drug-likeness (QED) is 0.903. The van der Waals surface area contributed by atoms with Crippen LogP contribution in [-0.4, -0.2) is 23.5 Å². The first-order valence-electron chi connectivity index (χ1n) is 7.08. The molecule has 18 heavy (non-hydrogen) atoms. The summed E-state index contributed by atoms with van der Waals surface area (Å²) in [5, 5.41) is 0.